The average molecular weight is 331 g/mol. The summed E-state index contributed by atoms with van der Waals surface area (Å²) in [4.78, 5) is 22.4. The molecule has 1 saturated heterocycles. The number of piperazine rings is 1. The maximum Gasteiger partial charge on any atom is 0.269 e. The molecule has 0 radical (unpaired) electrons. The predicted octanol–water partition coefficient (Wildman–Crippen LogP) is 1.89. The normalized spacial score (nSPS) is 24.5. The molecule has 1 fully saturated rings. The summed E-state index contributed by atoms with van der Waals surface area (Å²) in [6.45, 7) is 7.76. The Bertz CT molecular complexity index is 638. The number of carbonyl (C=O) groups excluding carboxylic acids is 1. The number of hydrogen-bond donors (Lipinski definition) is 0. The number of methoxy groups -OCH3 is 1. The first kappa shape index (κ1) is 16.8. The van der Waals surface area contributed by atoms with Gasteiger partial charge in [0.05, 0.1) is 12.8 Å². The van der Waals surface area contributed by atoms with Crippen LogP contribution in [0.15, 0.2) is 29.4 Å². The van der Waals surface area contributed by atoms with Gasteiger partial charge in [0.15, 0.2) is 0 Å². The highest BCUT2D eigenvalue weighted by Gasteiger charge is 2.43. The molecule has 2 aliphatic heterocycles. The monoisotopic (exact) mass is 331 g/mol. The summed E-state index contributed by atoms with van der Waals surface area (Å²) in [5.41, 5.74) is 1.28. The van der Waals surface area contributed by atoms with E-state index in [4.69, 9.17) is 9.57 Å². The fraction of sp³-hybridized carbons (Fsp3) is 0.556. The third kappa shape index (κ3) is 3.53. The second-order valence-electron chi connectivity index (χ2n) is 6.75. The number of hydrogen-bond acceptors (Lipinski definition) is 5. The number of benzene rings is 1. The van der Waals surface area contributed by atoms with Crippen molar-refractivity contribution in [3.8, 4) is 5.75 Å². The number of nitrogens with zero attached hydrogens (tertiary/aromatic N) is 3. The Morgan fingerprint density at radius 2 is 2.08 bits per heavy atom. The van der Waals surface area contributed by atoms with E-state index in [1.807, 2.05) is 30.9 Å². The summed E-state index contributed by atoms with van der Waals surface area (Å²) in [5.74, 6) is 0.923. The first-order valence-corrected chi connectivity index (χ1v) is 8.36. The van der Waals surface area contributed by atoms with E-state index in [9.17, 15) is 4.79 Å². The van der Waals surface area contributed by atoms with Crippen LogP contribution in [0.3, 0.4) is 0 Å². The van der Waals surface area contributed by atoms with E-state index < -0.39 is 5.60 Å². The smallest absolute Gasteiger partial charge is 0.269 e. The molecule has 24 heavy (non-hydrogen) atoms. The van der Waals surface area contributed by atoms with Crippen LogP contribution >= 0.6 is 0 Å². The number of amides is 1. The second kappa shape index (κ2) is 6.81. The van der Waals surface area contributed by atoms with Crippen molar-refractivity contribution in [2.45, 2.75) is 32.4 Å². The standard InChI is InChI=1S/C18H25N3O3/c1-14-12-18(2,24-19-14)17(22)21-9-7-20(8-10-21)13-15-5-4-6-16(11-15)23-3/h4-6,11H,7-10,12-13H2,1-3H3/t18-/m1/s1. The summed E-state index contributed by atoms with van der Waals surface area (Å²) < 4.78 is 5.27. The van der Waals surface area contributed by atoms with E-state index in [0.29, 0.717) is 6.42 Å². The number of ether oxygens (including phenoxy) is 1. The SMILES string of the molecule is COc1cccc(CN2CCN(C(=O)[C@@]3(C)CC(C)=NO3)CC2)c1. The van der Waals surface area contributed by atoms with Crippen molar-refractivity contribution in [2.75, 3.05) is 33.3 Å². The van der Waals surface area contributed by atoms with E-state index in [1.54, 1.807) is 7.11 Å². The Morgan fingerprint density at radius 3 is 2.71 bits per heavy atom. The zero-order chi connectivity index (χ0) is 17.2. The molecule has 2 heterocycles. The highest BCUT2D eigenvalue weighted by atomic mass is 16.7. The van der Waals surface area contributed by atoms with Crippen molar-refractivity contribution in [3.05, 3.63) is 29.8 Å². The topological polar surface area (TPSA) is 54.4 Å². The van der Waals surface area contributed by atoms with Gasteiger partial charge in [0.25, 0.3) is 5.91 Å². The van der Waals surface area contributed by atoms with Gasteiger partial charge >= 0.3 is 0 Å². The second-order valence-corrected chi connectivity index (χ2v) is 6.75. The first-order chi connectivity index (χ1) is 11.5. The van der Waals surface area contributed by atoms with Gasteiger partial charge in [-0.25, -0.2) is 0 Å². The van der Waals surface area contributed by atoms with E-state index >= 15 is 0 Å². The largest absolute Gasteiger partial charge is 0.497 e. The highest BCUT2D eigenvalue weighted by molar-refractivity contribution is 5.94. The van der Waals surface area contributed by atoms with Gasteiger partial charge in [0, 0.05) is 39.1 Å². The molecule has 0 saturated carbocycles. The Morgan fingerprint density at radius 1 is 1.33 bits per heavy atom. The lowest BCUT2D eigenvalue weighted by atomic mass is 9.98. The van der Waals surface area contributed by atoms with Gasteiger partial charge in [-0.2, -0.15) is 0 Å². The Balaban J connectivity index is 1.53. The van der Waals surface area contributed by atoms with E-state index in [-0.39, 0.29) is 5.91 Å². The molecule has 6 nitrogen and oxygen atoms in total. The Hall–Kier alpha value is -2.08. The summed E-state index contributed by atoms with van der Waals surface area (Å²) in [6.07, 6.45) is 0.579. The van der Waals surface area contributed by atoms with Crippen molar-refractivity contribution in [1.82, 2.24) is 9.80 Å². The molecule has 0 unspecified atom stereocenters. The van der Waals surface area contributed by atoms with Crippen LogP contribution in [0, 0.1) is 0 Å². The first-order valence-electron chi connectivity index (χ1n) is 8.36. The lowest BCUT2D eigenvalue weighted by molar-refractivity contribution is -0.155. The van der Waals surface area contributed by atoms with Crippen molar-refractivity contribution >= 4 is 11.6 Å². The molecule has 1 amide bonds. The third-order valence-electron chi connectivity index (χ3n) is 4.65. The molecular formula is C18H25N3O3. The molecule has 0 aliphatic carbocycles. The highest BCUT2D eigenvalue weighted by Crippen LogP contribution is 2.26. The Labute approximate surface area is 143 Å². The van der Waals surface area contributed by atoms with Crippen LogP contribution in [0.2, 0.25) is 0 Å². The van der Waals surface area contributed by atoms with Gasteiger partial charge in [-0.05, 0) is 31.5 Å². The van der Waals surface area contributed by atoms with E-state index in [1.165, 1.54) is 5.56 Å². The summed E-state index contributed by atoms with van der Waals surface area (Å²) in [7, 11) is 1.68. The van der Waals surface area contributed by atoms with Crippen LogP contribution in [0.4, 0.5) is 0 Å². The number of rotatable bonds is 4. The van der Waals surface area contributed by atoms with Crippen LogP contribution in [0.25, 0.3) is 0 Å². The van der Waals surface area contributed by atoms with Gasteiger partial charge in [-0.1, -0.05) is 17.3 Å². The molecule has 1 aromatic carbocycles. The van der Waals surface area contributed by atoms with Gasteiger partial charge in [0.1, 0.15) is 5.75 Å². The maximum absolute atomic E-state index is 12.7. The Kier molecular flexibility index (Phi) is 4.76. The minimum atomic E-state index is -0.820. The fourth-order valence-corrected chi connectivity index (χ4v) is 3.32. The van der Waals surface area contributed by atoms with Crippen molar-refractivity contribution in [3.63, 3.8) is 0 Å². The molecule has 2 aliphatic rings. The number of oxime groups is 1. The molecule has 0 spiro atoms. The van der Waals surface area contributed by atoms with Gasteiger partial charge in [-0.3, -0.25) is 9.69 Å². The van der Waals surface area contributed by atoms with Crippen LogP contribution in [0.1, 0.15) is 25.8 Å². The van der Waals surface area contributed by atoms with E-state index in [2.05, 4.69) is 22.2 Å². The third-order valence-corrected chi connectivity index (χ3v) is 4.65. The lowest BCUT2D eigenvalue weighted by Gasteiger charge is -2.37. The van der Waals surface area contributed by atoms with Crippen LogP contribution in [0.5, 0.6) is 5.75 Å². The molecule has 1 atom stereocenters. The summed E-state index contributed by atoms with van der Waals surface area (Å²) >= 11 is 0. The van der Waals surface area contributed by atoms with Gasteiger partial charge in [-0.15, -0.1) is 0 Å². The van der Waals surface area contributed by atoms with Crippen LogP contribution in [-0.4, -0.2) is 60.3 Å². The van der Waals surface area contributed by atoms with Crippen LogP contribution < -0.4 is 4.74 Å². The molecule has 6 heteroatoms. The lowest BCUT2D eigenvalue weighted by Crippen LogP contribution is -2.54. The molecule has 0 bridgehead atoms. The molecule has 3 rings (SSSR count). The van der Waals surface area contributed by atoms with Crippen molar-refractivity contribution in [1.29, 1.82) is 0 Å². The molecular weight excluding hydrogens is 306 g/mol. The van der Waals surface area contributed by atoms with Gasteiger partial charge in [0.2, 0.25) is 5.60 Å². The molecule has 0 aromatic heterocycles. The molecule has 130 valence electrons. The minimum Gasteiger partial charge on any atom is -0.497 e. The summed E-state index contributed by atoms with van der Waals surface area (Å²) in [6, 6.07) is 8.12. The molecule has 0 N–H and O–H groups in total. The predicted molar refractivity (Wildman–Crippen MR) is 92.1 cm³/mol. The van der Waals surface area contributed by atoms with Crippen molar-refractivity contribution < 1.29 is 14.4 Å². The minimum absolute atomic E-state index is 0.0455. The maximum atomic E-state index is 12.7. The molecule has 1 aromatic rings. The number of carbonyl (C=O) groups is 1. The fourth-order valence-electron chi connectivity index (χ4n) is 3.32. The quantitative estimate of drug-likeness (QED) is 0.845. The zero-order valence-corrected chi connectivity index (χ0v) is 14.6. The zero-order valence-electron chi connectivity index (χ0n) is 14.6. The average Bonchev–Trinajstić information content (AvgIpc) is 2.95. The summed E-state index contributed by atoms with van der Waals surface area (Å²) in [5, 5.41) is 3.94. The van der Waals surface area contributed by atoms with Gasteiger partial charge < -0.3 is 14.5 Å². The van der Waals surface area contributed by atoms with Crippen LogP contribution in [-0.2, 0) is 16.2 Å². The van der Waals surface area contributed by atoms with Crippen molar-refractivity contribution in [2.24, 2.45) is 5.16 Å². The van der Waals surface area contributed by atoms with E-state index in [0.717, 1.165) is 44.2 Å².